The van der Waals surface area contributed by atoms with E-state index < -0.39 is 10.0 Å². The Morgan fingerprint density at radius 3 is 2.90 bits per heavy atom. The van der Waals surface area contributed by atoms with E-state index in [1.165, 1.54) is 12.5 Å². The first kappa shape index (κ1) is 15.1. The van der Waals surface area contributed by atoms with Crippen molar-refractivity contribution in [3.63, 3.8) is 0 Å². The fourth-order valence-corrected chi connectivity index (χ4v) is 2.66. The van der Waals surface area contributed by atoms with Crippen LogP contribution in [0.4, 0.5) is 5.69 Å². The second kappa shape index (κ2) is 6.43. The van der Waals surface area contributed by atoms with E-state index in [2.05, 4.69) is 21.5 Å². The van der Waals surface area contributed by atoms with E-state index in [1.807, 2.05) is 6.92 Å². The van der Waals surface area contributed by atoms with Crippen molar-refractivity contribution in [2.75, 3.05) is 11.3 Å². The van der Waals surface area contributed by atoms with Crippen molar-refractivity contribution in [2.45, 2.75) is 18.5 Å². The van der Waals surface area contributed by atoms with Crippen LogP contribution in [0.2, 0.25) is 0 Å². The normalized spacial score (nSPS) is 10.8. The Kier molecular flexibility index (Phi) is 4.62. The first-order chi connectivity index (χ1) is 10.0. The quantitative estimate of drug-likeness (QED) is 0.827. The van der Waals surface area contributed by atoms with Crippen molar-refractivity contribution in [1.29, 1.82) is 0 Å². The number of sulfonamides is 1. The molecule has 6 nitrogen and oxygen atoms in total. The Balaban J connectivity index is 2.24. The van der Waals surface area contributed by atoms with Gasteiger partial charge in [0.1, 0.15) is 6.61 Å². The molecule has 0 atom stereocenters. The number of aliphatic hydroxyl groups is 1. The van der Waals surface area contributed by atoms with Crippen LogP contribution in [0.3, 0.4) is 0 Å². The van der Waals surface area contributed by atoms with Crippen LogP contribution in [0.25, 0.3) is 0 Å². The van der Waals surface area contributed by atoms with E-state index in [9.17, 15) is 8.42 Å². The van der Waals surface area contributed by atoms with E-state index in [1.54, 1.807) is 28.8 Å². The zero-order chi connectivity index (χ0) is 15.3. The summed E-state index contributed by atoms with van der Waals surface area (Å²) in [5.74, 6) is 5.23. The van der Waals surface area contributed by atoms with Gasteiger partial charge in [-0.15, -0.1) is 0 Å². The third-order valence-electron chi connectivity index (χ3n) is 2.68. The fraction of sp³-hybridized carbons (Fsp3) is 0.214. The van der Waals surface area contributed by atoms with Crippen LogP contribution in [0.15, 0.2) is 41.8 Å². The number of nitrogens with zero attached hydrogens (tertiary/aromatic N) is 2. The molecule has 110 valence electrons. The minimum atomic E-state index is -3.72. The molecule has 1 aromatic heterocycles. The van der Waals surface area contributed by atoms with E-state index in [0.717, 1.165) is 0 Å². The van der Waals surface area contributed by atoms with Gasteiger partial charge in [0.15, 0.2) is 5.03 Å². The molecule has 1 heterocycles. The van der Waals surface area contributed by atoms with Crippen LogP contribution in [-0.2, 0) is 16.6 Å². The number of aryl methyl sites for hydroxylation is 1. The molecule has 0 bridgehead atoms. The van der Waals surface area contributed by atoms with Gasteiger partial charge in [0.05, 0.1) is 12.0 Å². The molecule has 0 fully saturated rings. The van der Waals surface area contributed by atoms with Gasteiger partial charge in [-0.05, 0) is 25.1 Å². The minimum Gasteiger partial charge on any atom is -0.384 e. The fourth-order valence-electron chi connectivity index (χ4n) is 1.66. The maximum Gasteiger partial charge on any atom is 0.280 e. The van der Waals surface area contributed by atoms with Gasteiger partial charge in [-0.25, -0.2) is 4.98 Å². The minimum absolute atomic E-state index is 0.0313. The van der Waals surface area contributed by atoms with Crippen LogP contribution in [-0.4, -0.2) is 29.7 Å². The maximum absolute atomic E-state index is 12.2. The Labute approximate surface area is 123 Å². The molecule has 0 unspecified atom stereocenters. The van der Waals surface area contributed by atoms with Gasteiger partial charge in [-0.2, -0.15) is 8.42 Å². The molecule has 0 saturated carbocycles. The van der Waals surface area contributed by atoms with Gasteiger partial charge in [0, 0.05) is 18.3 Å². The first-order valence-corrected chi connectivity index (χ1v) is 7.78. The molecule has 0 aliphatic heterocycles. The average Bonchev–Trinajstić information content (AvgIpc) is 2.95. The zero-order valence-electron chi connectivity index (χ0n) is 11.4. The average molecular weight is 305 g/mol. The first-order valence-electron chi connectivity index (χ1n) is 6.29. The summed E-state index contributed by atoms with van der Waals surface area (Å²) in [6.07, 6.45) is 2.94. The summed E-state index contributed by atoms with van der Waals surface area (Å²) in [6, 6.07) is 6.63. The molecule has 21 heavy (non-hydrogen) atoms. The maximum atomic E-state index is 12.2. The highest BCUT2D eigenvalue weighted by Crippen LogP contribution is 2.15. The van der Waals surface area contributed by atoms with Crippen molar-refractivity contribution < 1.29 is 13.5 Å². The molecule has 0 spiro atoms. The lowest BCUT2D eigenvalue weighted by Gasteiger charge is -2.05. The molecule has 2 aromatic rings. The van der Waals surface area contributed by atoms with Crippen LogP contribution >= 0.6 is 0 Å². The second-order valence-corrected chi connectivity index (χ2v) is 5.82. The van der Waals surface area contributed by atoms with Crippen LogP contribution in [0.1, 0.15) is 12.5 Å². The van der Waals surface area contributed by atoms with Gasteiger partial charge < -0.3 is 9.67 Å². The number of nitrogens with one attached hydrogen (secondary N) is 1. The predicted molar refractivity (Wildman–Crippen MR) is 79.1 cm³/mol. The molecule has 1 aromatic carbocycles. The summed E-state index contributed by atoms with van der Waals surface area (Å²) in [5.41, 5.74) is 1.01. The number of aromatic nitrogens is 2. The molecule has 7 heteroatoms. The Bertz CT molecular complexity index is 785. The SMILES string of the molecule is CCn1cnc(S(=O)(=O)Nc2cccc(C#CCO)c2)c1. The summed E-state index contributed by atoms with van der Waals surface area (Å²) < 4.78 is 28.5. The molecular weight excluding hydrogens is 290 g/mol. The Hall–Kier alpha value is -2.30. The third kappa shape index (κ3) is 3.84. The van der Waals surface area contributed by atoms with Gasteiger partial charge in [-0.1, -0.05) is 17.9 Å². The van der Waals surface area contributed by atoms with Gasteiger partial charge in [-0.3, -0.25) is 4.72 Å². The molecule has 0 radical (unpaired) electrons. The number of anilines is 1. The number of imidazole rings is 1. The van der Waals surface area contributed by atoms with Crippen LogP contribution < -0.4 is 4.72 Å². The summed E-state index contributed by atoms with van der Waals surface area (Å²) in [4.78, 5) is 3.88. The summed E-state index contributed by atoms with van der Waals surface area (Å²) in [5, 5.41) is 8.63. The third-order valence-corrected chi connectivity index (χ3v) is 3.94. The number of benzene rings is 1. The number of hydrogen-bond donors (Lipinski definition) is 2. The lowest BCUT2D eigenvalue weighted by Crippen LogP contribution is -2.13. The van der Waals surface area contributed by atoms with Crippen molar-refractivity contribution >= 4 is 15.7 Å². The van der Waals surface area contributed by atoms with Crippen molar-refractivity contribution in [1.82, 2.24) is 9.55 Å². The van der Waals surface area contributed by atoms with Crippen LogP contribution in [0.5, 0.6) is 0 Å². The highest BCUT2D eigenvalue weighted by atomic mass is 32.2. The summed E-state index contributed by atoms with van der Waals surface area (Å²) >= 11 is 0. The van der Waals surface area contributed by atoms with E-state index in [0.29, 0.717) is 17.8 Å². The monoisotopic (exact) mass is 305 g/mol. The standard InChI is InChI=1S/C14H15N3O3S/c1-2-17-10-14(15-11-17)21(19,20)16-13-7-3-5-12(9-13)6-4-8-18/h3,5,7,9-11,16,18H,2,8H2,1H3. The van der Waals surface area contributed by atoms with Crippen molar-refractivity contribution in [3.8, 4) is 11.8 Å². The molecule has 0 aliphatic carbocycles. The van der Waals surface area contributed by atoms with Crippen LogP contribution in [0, 0.1) is 11.8 Å². The van der Waals surface area contributed by atoms with E-state index in [-0.39, 0.29) is 11.6 Å². The van der Waals surface area contributed by atoms with Gasteiger partial charge in [0.2, 0.25) is 0 Å². The second-order valence-electron chi connectivity index (χ2n) is 4.19. The lowest BCUT2D eigenvalue weighted by atomic mass is 10.2. The predicted octanol–water partition coefficient (Wildman–Crippen LogP) is 1.05. The van der Waals surface area contributed by atoms with Crippen molar-refractivity contribution in [2.24, 2.45) is 0 Å². The molecule has 0 amide bonds. The van der Waals surface area contributed by atoms with Gasteiger partial charge >= 0.3 is 0 Å². The molecular formula is C14H15N3O3S. The number of rotatable bonds is 4. The molecule has 0 aliphatic rings. The Morgan fingerprint density at radius 1 is 1.43 bits per heavy atom. The highest BCUT2D eigenvalue weighted by Gasteiger charge is 2.17. The largest absolute Gasteiger partial charge is 0.384 e. The Morgan fingerprint density at radius 2 is 2.24 bits per heavy atom. The number of aliphatic hydroxyl groups excluding tert-OH is 1. The molecule has 2 rings (SSSR count). The van der Waals surface area contributed by atoms with Gasteiger partial charge in [0.25, 0.3) is 10.0 Å². The molecule has 2 N–H and O–H groups in total. The number of hydrogen-bond acceptors (Lipinski definition) is 4. The summed E-state index contributed by atoms with van der Waals surface area (Å²) in [6.45, 7) is 2.30. The van der Waals surface area contributed by atoms with E-state index >= 15 is 0 Å². The van der Waals surface area contributed by atoms with E-state index in [4.69, 9.17) is 5.11 Å². The van der Waals surface area contributed by atoms with Crippen molar-refractivity contribution in [3.05, 3.63) is 42.4 Å². The zero-order valence-corrected chi connectivity index (χ0v) is 12.3. The topological polar surface area (TPSA) is 84.2 Å². The highest BCUT2D eigenvalue weighted by molar-refractivity contribution is 7.92. The smallest absolute Gasteiger partial charge is 0.280 e. The molecule has 0 saturated heterocycles. The summed E-state index contributed by atoms with van der Waals surface area (Å²) in [7, 11) is -3.72. The lowest BCUT2D eigenvalue weighted by molar-refractivity contribution is 0.350.